The summed E-state index contributed by atoms with van der Waals surface area (Å²) in [7, 11) is 0. The number of anilines is 1. The molecule has 1 unspecified atom stereocenters. The molecule has 0 spiro atoms. The van der Waals surface area contributed by atoms with Crippen LogP contribution in [0.25, 0.3) is 11.4 Å². The van der Waals surface area contributed by atoms with Crippen LogP contribution in [0.15, 0.2) is 53.7 Å². The number of amides is 1. The van der Waals surface area contributed by atoms with Crippen molar-refractivity contribution in [3.8, 4) is 11.4 Å². The molecule has 0 saturated carbocycles. The molecular formula is C19H18ClN5O2S. The zero-order chi connectivity index (χ0) is 20.3. The minimum atomic E-state index is -0.461. The molecule has 1 aromatic heterocycles. The van der Waals surface area contributed by atoms with Gasteiger partial charge >= 0.3 is 0 Å². The zero-order valence-corrected chi connectivity index (χ0v) is 16.8. The standard InChI is InChI=1S/C19H18ClN5O2S/c1-11(26)13-5-9-16(10-6-13)22-18(27)12(2)28-19-24-23-17(25(19)21)14-3-7-15(20)8-4-14/h3-10,12H,21H2,1-2H3,(H,22,27). The van der Waals surface area contributed by atoms with E-state index in [1.54, 1.807) is 55.5 Å². The molecule has 3 aromatic rings. The fourth-order valence-corrected chi connectivity index (χ4v) is 3.29. The average molecular weight is 416 g/mol. The number of carbonyl (C=O) groups is 2. The van der Waals surface area contributed by atoms with Gasteiger partial charge in [-0.2, -0.15) is 0 Å². The lowest BCUT2D eigenvalue weighted by atomic mass is 10.1. The summed E-state index contributed by atoms with van der Waals surface area (Å²) in [6.07, 6.45) is 0. The lowest BCUT2D eigenvalue weighted by Crippen LogP contribution is -2.23. The van der Waals surface area contributed by atoms with Crippen LogP contribution in [0.5, 0.6) is 0 Å². The van der Waals surface area contributed by atoms with Crippen LogP contribution in [0, 0.1) is 0 Å². The van der Waals surface area contributed by atoms with Crippen molar-refractivity contribution in [3.63, 3.8) is 0 Å². The fourth-order valence-electron chi connectivity index (χ4n) is 2.40. The SMILES string of the molecule is CC(=O)c1ccc(NC(=O)C(C)Sc2nnc(-c3ccc(Cl)cc3)n2N)cc1. The zero-order valence-electron chi connectivity index (χ0n) is 15.2. The molecular weight excluding hydrogens is 398 g/mol. The number of nitrogens with zero attached hydrogens (tertiary/aromatic N) is 3. The minimum Gasteiger partial charge on any atom is -0.335 e. The lowest BCUT2D eigenvalue weighted by Gasteiger charge is -2.12. The van der Waals surface area contributed by atoms with Gasteiger partial charge in [0, 0.05) is 21.8 Å². The Balaban J connectivity index is 1.67. The Bertz CT molecular complexity index is 1000. The van der Waals surface area contributed by atoms with E-state index in [1.807, 2.05) is 0 Å². The summed E-state index contributed by atoms with van der Waals surface area (Å²) in [5, 5.41) is 11.6. The maximum Gasteiger partial charge on any atom is 0.237 e. The van der Waals surface area contributed by atoms with Gasteiger partial charge in [-0.15, -0.1) is 10.2 Å². The highest BCUT2D eigenvalue weighted by molar-refractivity contribution is 8.00. The molecule has 1 heterocycles. The van der Waals surface area contributed by atoms with Crippen LogP contribution in [0.4, 0.5) is 5.69 Å². The summed E-state index contributed by atoms with van der Waals surface area (Å²) >= 11 is 7.10. The molecule has 1 amide bonds. The van der Waals surface area contributed by atoms with Gasteiger partial charge in [-0.3, -0.25) is 9.59 Å². The summed E-state index contributed by atoms with van der Waals surface area (Å²) < 4.78 is 1.35. The Labute approximate surface area is 171 Å². The smallest absolute Gasteiger partial charge is 0.237 e. The normalized spacial score (nSPS) is 11.8. The molecule has 2 aromatic carbocycles. The Morgan fingerprint density at radius 3 is 2.36 bits per heavy atom. The molecule has 0 aliphatic heterocycles. The van der Waals surface area contributed by atoms with E-state index in [-0.39, 0.29) is 11.7 Å². The number of nitrogen functional groups attached to an aromatic ring is 1. The molecule has 1 atom stereocenters. The number of Topliss-reactive ketones (excluding diaryl/α,β-unsaturated/α-hetero) is 1. The van der Waals surface area contributed by atoms with Crippen LogP contribution in [0.3, 0.4) is 0 Å². The fraction of sp³-hybridized carbons (Fsp3) is 0.158. The molecule has 3 N–H and O–H groups in total. The van der Waals surface area contributed by atoms with Crippen LogP contribution in [-0.2, 0) is 4.79 Å². The maximum absolute atomic E-state index is 12.4. The molecule has 0 saturated heterocycles. The Hall–Kier alpha value is -2.84. The monoisotopic (exact) mass is 415 g/mol. The average Bonchev–Trinajstić information content (AvgIpc) is 3.03. The number of rotatable bonds is 6. The molecule has 0 aliphatic carbocycles. The van der Waals surface area contributed by atoms with Gasteiger partial charge in [0.2, 0.25) is 11.1 Å². The van der Waals surface area contributed by atoms with Crippen LogP contribution < -0.4 is 11.2 Å². The number of aromatic nitrogens is 3. The van der Waals surface area contributed by atoms with Gasteiger partial charge in [-0.05, 0) is 62.4 Å². The van der Waals surface area contributed by atoms with Crippen molar-refractivity contribution in [3.05, 3.63) is 59.1 Å². The number of hydrogen-bond donors (Lipinski definition) is 2. The third-order valence-corrected chi connectivity index (χ3v) is 5.29. The lowest BCUT2D eigenvalue weighted by molar-refractivity contribution is -0.115. The van der Waals surface area contributed by atoms with Crippen molar-refractivity contribution < 1.29 is 9.59 Å². The van der Waals surface area contributed by atoms with Crippen molar-refractivity contribution in [2.24, 2.45) is 0 Å². The number of carbonyl (C=O) groups excluding carboxylic acids is 2. The molecule has 144 valence electrons. The summed E-state index contributed by atoms with van der Waals surface area (Å²) in [4.78, 5) is 23.8. The first-order chi connectivity index (χ1) is 13.3. The summed E-state index contributed by atoms with van der Waals surface area (Å²) in [6.45, 7) is 3.24. The van der Waals surface area contributed by atoms with Gasteiger partial charge in [0.05, 0.1) is 5.25 Å². The number of halogens is 1. The van der Waals surface area contributed by atoms with Crippen LogP contribution in [0.2, 0.25) is 5.02 Å². The number of ketones is 1. The first-order valence-corrected chi connectivity index (χ1v) is 9.66. The van der Waals surface area contributed by atoms with Crippen molar-refractivity contribution >= 4 is 40.7 Å². The van der Waals surface area contributed by atoms with E-state index in [1.165, 1.54) is 23.4 Å². The first-order valence-electron chi connectivity index (χ1n) is 8.40. The molecule has 0 aliphatic rings. The number of thioether (sulfide) groups is 1. The molecule has 3 rings (SSSR count). The second-order valence-corrected chi connectivity index (χ2v) is 7.81. The summed E-state index contributed by atoms with van der Waals surface area (Å²) in [5.74, 6) is 6.33. The van der Waals surface area contributed by atoms with Gasteiger partial charge < -0.3 is 11.2 Å². The van der Waals surface area contributed by atoms with E-state index in [2.05, 4.69) is 15.5 Å². The van der Waals surface area contributed by atoms with E-state index in [0.29, 0.717) is 27.3 Å². The predicted octanol–water partition coefficient (Wildman–Crippen LogP) is 3.63. The molecule has 9 heteroatoms. The van der Waals surface area contributed by atoms with Crippen LogP contribution in [-0.4, -0.2) is 31.8 Å². The Morgan fingerprint density at radius 1 is 1.11 bits per heavy atom. The Kier molecular flexibility index (Phi) is 6.01. The Morgan fingerprint density at radius 2 is 1.75 bits per heavy atom. The van der Waals surface area contributed by atoms with Gasteiger partial charge in [-0.1, -0.05) is 23.4 Å². The minimum absolute atomic E-state index is 0.0272. The second kappa shape index (κ2) is 8.45. The summed E-state index contributed by atoms with van der Waals surface area (Å²) in [6, 6.07) is 13.8. The third-order valence-electron chi connectivity index (χ3n) is 3.98. The number of hydrogen-bond acceptors (Lipinski definition) is 6. The number of nitrogens with one attached hydrogen (secondary N) is 1. The quantitative estimate of drug-likeness (QED) is 0.362. The molecule has 7 nitrogen and oxygen atoms in total. The van der Waals surface area contributed by atoms with Crippen molar-refractivity contribution in [2.75, 3.05) is 11.2 Å². The largest absolute Gasteiger partial charge is 0.335 e. The highest BCUT2D eigenvalue weighted by atomic mass is 35.5. The van der Waals surface area contributed by atoms with Gasteiger partial charge in [0.1, 0.15) is 0 Å². The highest BCUT2D eigenvalue weighted by Gasteiger charge is 2.20. The number of nitrogens with two attached hydrogens (primary N) is 1. The van der Waals surface area contributed by atoms with Crippen LogP contribution >= 0.6 is 23.4 Å². The van der Waals surface area contributed by atoms with E-state index in [9.17, 15) is 9.59 Å². The van der Waals surface area contributed by atoms with E-state index in [0.717, 1.165) is 5.56 Å². The topological polar surface area (TPSA) is 103 Å². The van der Waals surface area contributed by atoms with E-state index in [4.69, 9.17) is 17.4 Å². The van der Waals surface area contributed by atoms with Crippen molar-refractivity contribution in [2.45, 2.75) is 24.3 Å². The van der Waals surface area contributed by atoms with Crippen LogP contribution in [0.1, 0.15) is 24.2 Å². The second-order valence-electron chi connectivity index (χ2n) is 6.07. The molecule has 0 bridgehead atoms. The van der Waals surface area contributed by atoms with Crippen molar-refractivity contribution in [1.29, 1.82) is 0 Å². The highest BCUT2D eigenvalue weighted by Crippen LogP contribution is 2.26. The van der Waals surface area contributed by atoms with E-state index < -0.39 is 5.25 Å². The predicted molar refractivity (Wildman–Crippen MR) is 111 cm³/mol. The summed E-state index contributed by atoms with van der Waals surface area (Å²) in [5.41, 5.74) is 1.97. The van der Waals surface area contributed by atoms with Crippen molar-refractivity contribution in [1.82, 2.24) is 14.9 Å². The van der Waals surface area contributed by atoms with E-state index >= 15 is 0 Å². The first kappa shape index (κ1) is 19.9. The third kappa shape index (κ3) is 4.52. The molecule has 28 heavy (non-hydrogen) atoms. The van der Waals surface area contributed by atoms with Gasteiger partial charge in [-0.25, -0.2) is 4.68 Å². The molecule has 0 radical (unpaired) electrons. The maximum atomic E-state index is 12.4. The molecule has 0 fully saturated rings. The number of benzene rings is 2. The van der Waals surface area contributed by atoms with Gasteiger partial charge in [0.25, 0.3) is 0 Å². The van der Waals surface area contributed by atoms with Gasteiger partial charge in [0.15, 0.2) is 11.6 Å².